The summed E-state index contributed by atoms with van der Waals surface area (Å²) in [5, 5.41) is 0. The van der Waals surface area contributed by atoms with Crippen LogP contribution in [0.1, 0.15) is 68.6 Å². The molecule has 0 aromatic heterocycles. The third-order valence-corrected chi connectivity index (χ3v) is 4.42. The van der Waals surface area contributed by atoms with Gasteiger partial charge in [0.1, 0.15) is 5.75 Å². The van der Waals surface area contributed by atoms with Crippen molar-refractivity contribution in [3.63, 3.8) is 0 Å². The Kier molecular flexibility index (Phi) is 5.75. The van der Waals surface area contributed by atoms with Crippen molar-refractivity contribution in [1.29, 1.82) is 0 Å². The SMILES string of the molecule is COc1c(C(C)(C)C)cc(C=CC(=O)c2ccccc2)cc1C(C)(C)C. The summed E-state index contributed by atoms with van der Waals surface area (Å²) in [6, 6.07) is 13.6. The lowest BCUT2D eigenvalue weighted by Gasteiger charge is -2.29. The molecule has 0 saturated carbocycles. The molecule has 0 bridgehead atoms. The number of benzene rings is 2. The highest BCUT2D eigenvalue weighted by atomic mass is 16.5. The fourth-order valence-electron chi connectivity index (χ4n) is 2.95. The van der Waals surface area contributed by atoms with Gasteiger partial charge in [-0.25, -0.2) is 0 Å². The molecule has 2 aromatic rings. The van der Waals surface area contributed by atoms with E-state index in [9.17, 15) is 4.79 Å². The molecule has 0 unspecified atom stereocenters. The molecule has 0 fully saturated rings. The van der Waals surface area contributed by atoms with Crippen molar-refractivity contribution >= 4 is 11.9 Å². The normalized spacial score (nSPS) is 12.4. The van der Waals surface area contributed by atoms with Crippen LogP contribution in [0.4, 0.5) is 0 Å². The standard InChI is InChI=1S/C24H30O2/c1-23(2,3)19-15-17(16-20(22(19)26-7)24(4,5)6)13-14-21(25)18-11-9-8-10-12-18/h8-16H,1-7H3. The van der Waals surface area contributed by atoms with E-state index in [2.05, 4.69) is 53.7 Å². The molecule has 0 atom stereocenters. The first-order valence-electron chi connectivity index (χ1n) is 9.04. The molecule has 0 radical (unpaired) electrons. The maximum absolute atomic E-state index is 12.4. The monoisotopic (exact) mass is 350 g/mol. The Morgan fingerprint density at radius 1 is 0.885 bits per heavy atom. The van der Waals surface area contributed by atoms with E-state index in [-0.39, 0.29) is 16.6 Å². The zero-order chi connectivity index (χ0) is 19.5. The molecule has 0 spiro atoms. The van der Waals surface area contributed by atoms with Crippen LogP contribution in [0.2, 0.25) is 0 Å². The van der Waals surface area contributed by atoms with Crippen molar-refractivity contribution in [2.45, 2.75) is 52.4 Å². The fourth-order valence-corrected chi connectivity index (χ4v) is 2.95. The number of hydrogen-bond donors (Lipinski definition) is 0. The molecule has 2 heteroatoms. The van der Waals surface area contributed by atoms with Gasteiger partial charge in [-0.05, 0) is 34.6 Å². The van der Waals surface area contributed by atoms with Crippen molar-refractivity contribution < 1.29 is 9.53 Å². The number of allylic oxidation sites excluding steroid dienone is 1. The summed E-state index contributed by atoms with van der Waals surface area (Å²) in [7, 11) is 1.73. The Labute approximate surface area is 157 Å². The Bertz CT molecular complexity index is 765. The third kappa shape index (κ3) is 4.63. The summed E-state index contributed by atoms with van der Waals surface area (Å²) in [4.78, 5) is 12.4. The molecule has 0 amide bonds. The molecule has 0 heterocycles. The van der Waals surface area contributed by atoms with Gasteiger partial charge in [0.05, 0.1) is 7.11 Å². The predicted octanol–water partition coefficient (Wildman–Crippen LogP) is 6.19. The summed E-state index contributed by atoms with van der Waals surface area (Å²) in [5.41, 5.74) is 3.91. The maximum atomic E-state index is 12.4. The number of carbonyl (C=O) groups is 1. The molecule has 2 nitrogen and oxygen atoms in total. The highest BCUT2D eigenvalue weighted by Gasteiger charge is 2.27. The van der Waals surface area contributed by atoms with Crippen LogP contribution in [-0.4, -0.2) is 12.9 Å². The van der Waals surface area contributed by atoms with E-state index in [0.717, 1.165) is 22.4 Å². The van der Waals surface area contributed by atoms with Gasteiger partial charge in [-0.1, -0.05) is 78.0 Å². The molecule has 0 aliphatic heterocycles. The zero-order valence-electron chi connectivity index (χ0n) is 17.0. The fraction of sp³-hybridized carbons (Fsp3) is 0.375. The van der Waals surface area contributed by atoms with Gasteiger partial charge >= 0.3 is 0 Å². The predicted molar refractivity (Wildman–Crippen MR) is 110 cm³/mol. The van der Waals surface area contributed by atoms with Gasteiger partial charge in [0.15, 0.2) is 5.78 Å². The van der Waals surface area contributed by atoms with Gasteiger partial charge in [0.2, 0.25) is 0 Å². The lowest BCUT2D eigenvalue weighted by Crippen LogP contribution is -2.19. The van der Waals surface area contributed by atoms with Crippen LogP contribution in [0.25, 0.3) is 6.08 Å². The van der Waals surface area contributed by atoms with E-state index in [1.54, 1.807) is 13.2 Å². The molecule has 0 aliphatic carbocycles. The topological polar surface area (TPSA) is 26.3 Å². The molecule has 0 aliphatic rings. The summed E-state index contributed by atoms with van der Waals surface area (Å²) in [6.45, 7) is 13.1. The maximum Gasteiger partial charge on any atom is 0.185 e. The van der Waals surface area contributed by atoms with Gasteiger partial charge in [-0.3, -0.25) is 4.79 Å². The van der Waals surface area contributed by atoms with Gasteiger partial charge in [0, 0.05) is 16.7 Å². The second-order valence-electron chi connectivity index (χ2n) is 8.71. The molecule has 2 rings (SSSR count). The minimum atomic E-state index is -0.0569. The van der Waals surface area contributed by atoms with Crippen LogP contribution in [-0.2, 0) is 10.8 Å². The van der Waals surface area contributed by atoms with E-state index in [0.29, 0.717) is 5.56 Å². The van der Waals surface area contributed by atoms with E-state index in [1.165, 1.54) is 0 Å². The first kappa shape index (κ1) is 20.0. The van der Waals surface area contributed by atoms with Gasteiger partial charge in [-0.2, -0.15) is 0 Å². The Hall–Kier alpha value is -2.35. The number of hydrogen-bond acceptors (Lipinski definition) is 2. The number of methoxy groups -OCH3 is 1. The molecule has 0 N–H and O–H groups in total. The van der Waals surface area contributed by atoms with Gasteiger partial charge in [-0.15, -0.1) is 0 Å². The van der Waals surface area contributed by atoms with E-state index in [1.807, 2.05) is 36.4 Å². The average Bonchev–Trinajstić information content (AvgIpc) is 2.58. The minimum absolute atomic E-state index is 0.0102. The highest BCUT2D eigenvalue weighted by molar-refractivity contribution is 6.06. The Morgan fingerprint density at radius 2 is 1.38 bits per heavy atom. The number of ether oxygens (including phenoxy) is 1. The van der Waals surface area contributed by atoms with Crippen molar-refractivity contribution in [3.05, 3.63) is 70.8 Å². The average molecular weight is 351 g/mol. The first-order valence-corrected chi connectivity index (χ1v) is 9.04. The largest absolute Gasteiger partial charge is 0.496 e. The van der Waals surface area contributed by atoms with Crippen LogP contribution in [0.5, 0.6) is 5.75 Å². The van der Waals surface area contributed by atoms with Crippen molar-refractivity contribution in [1.82, 2.24) is 0 Å². The molecular weight excluding hydrogens is 320 g/mol. The zero-order valence-corrected chi connectivity index (χ0v) is 17.0. The third-order valence-electron chi connectivity index (χ3n) is 4.42. The number of rotatable bonds is 4. The second-order valence-corrected chi connectivity index (χ2v) is 8.71. The van der Waals surface area contributed by atoms with Crippen molar-refractivity contribution in [2.24, 2.45) is 0 Å². The van der Waals surface area contributed by atoms with Crippen molar-refractivity contribution in [3.8, 4) is 5.75 Å². The summed E-state index contributed by atoms with van der Waals surface area (Å²) in [6.07, 6.45) is 3.55. The summed E-state index contributed by atoms with van der Waals surface area (Å²) >= 11 is 0. The van der Waals surface area contributed by atoms with Crippen LogP contribution in [0.3, 0.4) is 0 Å². The molecule has 0 saturated heterocycles. The van der Waals surface area contributed by atoms with Crippen molar-refractivity contribution in [2.75, 3.05) is 7.11 Å². The van der Waals surface area contributed by atoms with Crippen LogP contribution < -0.4 is 4.74 Å². The smallest absolute Gasteiger partial charge is 0.185 e. The quantitative estimate of drug-likeness (QED) is 0.486. The first-order chi connectivity index (χ1) is 12.0. The van der Waals surface area contributed by atoms with Crippen LogP contribution in [0, 0.1) is 0 Å². The molecular formula is C24H30O2. The lowest BCUT2D eigenvalue weighted by molar-refractivity contribution is 0.104. The second kappa shape index (κ2) is 7.49. The van der Waals surface area contributed by atoms with E-state index >= 15 is 0 Å². The van der Waals surface area contributed by atoms with Crippen LogP contribution >= 0.6 is 0 Å². The van der Waals surface area contributed by atoms with E-state index < -0.39 is 0 Å². The molecule has 26 heavy (non-hydrogen) atoms. The van der Waals surface area contributed by atoms with E-state index in [4.69, 9.17) is 4.74 Å². The summed E-state index contributed by atoms with van der Waals surface area (Å²) < 4.78 is 5.79. The Balaban J connectivity index is 2.52. The number of carbonyl (C=O) groups excluding carboxylic acids is 1. The highest BCUT2D eigenvalue weighted by Crippen LogP contribution is 2.40. The Morgan fingerprint density at radius 3 is 1.81 bits per heavy atom. The van der Waals surface area contributed by atoms with Gasteiger partial charge < -0.3 is 4.74 Å². The minimum Gasteiger partial charge on any atom is -0.496 e. The molecule has 138 valence electrons. The lowest BCUT2D eigenvalue weighted by atomic mass is 9.78. The summed E-state index contributed by atoms with van der Waals surface area (Å²) in [5.74, 6) is 0.951. The number of ketones is 1. The van der Waals surface area contributed by atoms with Gasteiger partial charge in [0.25, 0.3) is 0 Å². The molecule has 2 aromatic carbocycles. The van der Waals surface area contributed by atoms with Crippen LogP contribution in [0.15, 0.2) is 48.5 Å².